The van der Waals surface area contributed by atoms with E-state index >= 15 is 0 Å². The van der Waals surface area contributed by atoms with E-state index in [4.69, 9.17) is 4.74 Å². The summed E-state index contributed by atoms with van der Waals surface area (Å²) in [5.74, 6) is 0.939. The maximum Gasteiger partial charge on any atom is 0.322 e. The van der Waals surface area contributed by atoms with Crippen LogP contribution >= 0.6 is 0 Å². The van der Waals surface area contributed by atoms with Crippen LogP contribution in [0.1, 0.15) is 37.3 Å². The minimum atomic E-state index is -0.116. The molecule has 1 atom stereocenters. The molecule has 0 bridgehead atoms. The van der Waals surface area contributed by atoms with Gasteiger partial charge in [-0.2, -0.15) is 0 Å². The van der Waals surface area contributed by atoms with Gasteiger partial charge in [-0.05, 0) is 55.2 Å². The van der Waals surface area contributed by atoms with Gasteiger partial charge >= 0.3 is 6.03 Å². The molecule has 4 rings (SSSR count). The molecule has 146 valence electrons. The van der Waals surface area contributed by atoms with E-state index in [9.17, 15) is 9.59 Å². The van der Waals surface area contributed by atoms with Crippen molar-refractivity contribution < 1.29 is 14.3 Å². The highest BCUT2D eigenvalue weighted by Gasteiger charge is 2.30. The zero-order valence-corrected chi connectivity index (χ0v) is 16.1. The molecule has 6 heteroatoms. The van der Waals surface area contributed by atoms with Crippen LogP contribution in [0.25, 0.3) is 0 Å². The largest absolute Gasteiger partial charge is 0.497 e. The van der Waals surface area contributed by atoms with Crippen LogP contribution in [-0.2, 0) is 4.79 Å². The Labute approximate surface area is 165 Å². The van der Waals surface area contributed by atoms with Crippen LogP contribution in [0.5, 0.6) is 5.75 Å². The summed E-state index contributed by atoms with van der Waals surface area (Å²) in [5.41, 5.74) is 2.63. The summed E-state index contributed by atoms with van der Waals surface area (Å²) >= 11 is 0. The van der Waals surface area contributed by atoms with Crippen molar-refractivity contribution in [3.63, 3.8) is 0 Å². The first-order valence-electron chi connectivity index (χ1n) is 9.78. The Kier molecular flexibility index (Phi) is 5.19. The van der Waals surface area contributed by atoms with Crippen molar-refractivity contribution in [3.05, 3.63) is 54.1 Å². The predicted octanol–water partition coefficient (Wildman–Crippen LogP) is 4.19. The van der Waals surface area contributed by atoms with Gasteiger partial charge in [0.25, 0.3) is 0 Å². The smallest absolute Gasteiger partial charge is 0.322 e. The predicted molar refractivity (Wildman–Crippen MR) is 109 cm³/mol. The Bertz CT molecular complexity index is 883. The van der Waals surface area contributed by atoms with Crippen LogP contribution < -0.4 is 15.0 Å². The second-order valence-corrected chi connectivity index (χ2v) is 7.26. The van der Waals surface area contributed by atoms with Crippen LogP contribution in [0, 0.1) is 0 Å². The number of anilines is 2. The lowest BCUT2D eigenvalue weighted by Crippen LogP contribution is -2.34. The van der Waals surface area contributed by atoms with E-state index in [0.717, 1.165) is 49.4 Å². The lowest BCUT2D eigenvalue weighted by atomic mass is 10.0. The van der Waals surface area contributed by atoms with E-state index in [2.05, 4.69) is 5.32 Å². The lowest BCUT2D eigenvalue weighted by molar-refractivity contribution is -0.117. The monoisotopic (exact) mass is 379 g/mol. The van der Waals surface area contributed by atoms with Crippen molar-refractivity contribution in [1.82, 2.24) is 4.90 Å². The minimum Gasteiger partial charge on any atom is -0.497 e. The molecule has 0 saturated carbocycles. The molecule has 2 saturated heterocycles. The molecular formula is C22H25N3O3. The second kappa shape index (κ2) is 7.92. The molecule has 6 nitrogen and oxygen atoms in total. The molecule has 1 N–H and O–H groups in total. The Morgan fingerprint density at radius 1 is 1.11 bits per heavy atom. The van der Waals surface area contributed by atoms with E-state index in [-0.39, 0.29) is 18.0 Å². The molecule has 2 fully saturated rings. The average Bonchev–Trinajstić information content (AvgIpc) is 3.37. The Balaban J connectivity index is 1.49. The standard InChI is InChI=1S/C22H25N3O3/c1-28-19-9-2-6-16(14-19)20-10-4-13-25(20)22(27)23-17-7-3-8-18(15-17)24-12-5-11-21(24)26/h2-3,6-9,14-15,20H,4-5,10-13H2,1H3,(H,23,27)/t20-/m1/s1. The van der Waals surface area contributed by atoms with Gasteiger partial charge < -0.3 is 19.9 Å². The first-order chi connectivity index (χ1) is 13.7. The van der Waals surface area contributed by atoms with Gasteiger partial charge in [-0.3, -0.25) is 4.79 Å². The average molecular weight is 379 g/mol. The number of likely N-dealkylation sites (tertiary alicyclic amines) is 1. The number of carbonyl (C=O) groups excluding carboxylic acids is 2. The fraction of sp³-hybridized carbons (Fsp3) is 0.364. The number of nitrogens with zero attached hydrogens (tertiary/aromatic N) is 2. The van der Waals surface area contributed by atoms with Gasteiger partial charge in [0.05, 0.1) is 13.2 Å². The summed E-state index contributed by atoms with van der Waals surface area (Å²) < 4.78 is 5.33. The number of carbonyl (C=O) groups is 2. The fourth-order valence-electron chi connectivity index (χ4n) is 4.07. The number of hydrogen-bond donors (Lipinski definition) is 1. The number of nitrogens with one attached hydrogen (secondary N) is 1. The molecule has 0 spiro atoms. The minimum absolute atomic E-state index is 0.0402. The lowest BCUT2D eigenvalue weighted by Gasteiger charge is -2.26. The number of methoxy groups -OCH3 is 1. The Hall–Kier alpha value is -3.02. The third kappa shape index (κ3) is 3.67. The van der Waals surface area contributed by atoms with Crippen molar-refractivity contribution in [1.29, 1.82) is 0 Å². The quantitative estimate of drug-likeness (QED) is 0.866. The van der Waals surface area contributed by atoms with Crippen LogP contribution in [-0.4, -0.2) is 37.0 Å². The second-order valence-electron chi connectivity index (χ2n) is 7.26. The number of hydrogen-bond acceptors (Lipinski definition) is 3. The van der Waals surface area contributed by atoms with Gasteiger partial charge in [0, 0.05) is 30.9 Å². The van der Waals surface area contributed by atoms with E-state index in [1.807, 2.05) is 53.4 Å². The highest BCUT2D eigenvalue weighted by molar-refractivity contribution is 5.96. The number of amides is 3. The molecular weight excluding hydrogens is 354 g/mol. The van der Waals surface area contributed by atoms with Crippen molar-refractivity contribution in [3.8, 4) is 5.75 Å². The van der Waals surface area contributed by atoms with Gasteiger partial charge in [-0.15, -0.1) is 0 Å². The third-order valence-corrected chi connectivity index (χ3v) is 5.47. The zero-order valence-electron chi connectivity index (χ0n) is 16.1. The third-order valence-electron chi connectivity index (χ3n) is 5.47. The van der Waals surface area contributed by atoms with Crippen LogP contribution in [0.4, 0.5) is 16.2 Å². The van der Waals surface area contributed by atoms with Crippen LogP contribution in [0.3, 0.4) is 0 Å². The SMILES string of the molecule is COc1cccc([C@H]2CCCN2C(=O)Nc2cccc(N3CCCC3=O)c2)c1. The first-order valence-corrected chi connectivity index (χ1v) is 9.78. The van der Waals surface area contributed by atoms with E-state index in [0.29, 0.717) is 12.1 Å². The normalized spacial score (nSPS) is 19.2. The number of urea groups is 1. The van der Waals surface area contributed by atoms with Crippen molar-refractivity contribution >= 4 is 23.3 Å². The van der Waals surface area contributed by atoms with Crippen LogP contribution in [0.2, 0.25) is 0 Å². The first kappa shape index (κ1) is 18.3. The summed E-state index contributed by atoms with van der Waals surface area (Å²) in [6, 6.07) is 15.3. The highest BCUT2D eigenvalue weighted by Crippen LogP contribution is 2.34. The van der Waals surface area contributed by atoms with Crippen molar-refractivity contribution in [2.45, 2.75) is 31.7 Å². The van der Waals surface area contributed by atoms with E-state index in [1.165, 1.54) is 0 Å². The van der Waals surface area contributed by atoms with Gasteiger partial charge in [-0.25, -0.2) is 4.79 Å². The van der Waals surface area contributed by atoms with Crippen molar-refractivity contribution in [2.24, 2.45) is 0 Å². The van der Waals surface area contributed by atoms with E-state index in [1.54, 1.807) is 12.0 Å². The van der Waals surface area contributed by atoms with Gasteiger partial charge in [0.1, 0.15) is 5.75 Å². The summed E-state index contributed by atoms with van der Waals surface area (Å²) in [6.07, 6.45) is 3.37. The molecule has 0 radical (unpaired) electrons. The Morgan fingerprint density at radius 3 is 2.75 bits per heavy atom. The summed E-state index contributed by atoms with van der Waals surface area (Å²) in [5, 5.41) is 3.01. The van der Waals surface area contributed by atoms with Gasteiger partial charge in [0.2, 0.25) is 5.91 Å². The maximum atomic E-state index is 13.0. The molecule has 0 aromatic heterocycles. The molecule has 3 amide bonds. The molecule has 2 aromatic rings. The molecule has 0 unspecified atom stereocenters. The van der Waals surface area contributed by atoms with Crippen molar-refractivity contribution in [2.75, 3.05) is 30.4 Å². The van der Waals surface area contributed by atoms with Gasteiger partial charge in [0.15, 0.2) is 0 Å². The molecule has 28 heavy (non-hydrogen) atoms. The molecule has 2 heterocycles. The Morgan fingerprint density at radius 2 is 1.96 bits per heavy atom. The number of rotatable bonds is 4. The molecule has 2 aliphatic heterocycles. The zero-order chi connectivity index (χ0) is 19.5. The topological polar surface area (TPSA) is 61.9 Å². The van der Waals surface area contributed by atoms with Crippen LogP contribution in [0.15, 0.2) is 48.5 Å². The van der Waals surface area contributed by atoms with E-state index < -0.39 is 0 Å². The molecule has 0 aliphatic carbocycles. The number of benzene rings is 2. The molecule has 2 aliphatic rings. The summed E-state index contributed by atoms with van der Waals surface area (Å²) in [6.45, 7) is 1.46. The summed E-state index contributed by atoms with van der Waals surface area (Å²) in [4.78, 5) is 28.6. The number of ether oxygens (including phenoxy) is 1. The van der Waals surface area contributed by atoms with Gasteiger partial charge in [-0.1, -0.05) is 18.2 Å². The highest BCUT2D eigenvalue weighted by atomic mass is 16.5. The fourth-order valence-corrected chi connectivity index (χ4v) is 4.07. The molecule has 2 aromatic carbocycles. The summed E-state index contributed by atoms with van der Waals surface area (Å²) in [7, 11) is 1.65. The maximum absolute atomic E-state index is 13.0.